The lowest BCUT2D eigenvalue weighted by Crippen LogP contribution is -2.45. The highest BCUT2D eigenvalue weighted by Crippen LogP contribution is 2.25. The van der Waals surface area contributed by atoms with E-state index in [9.17, 15) is 28.8 Å². The van der Waals surface area contributed by atoms with Gasteiger partial charge in [-0.3, -0.25) is 24.0 Å². The van der Waals surface area contributed by atoms with Gasteiger partial charge in [-0.05, 0) is 142 Å². The molecule has 1 heterocycles. The highest BCUT2D eigenvalue weighted by atomic mass is 16.7. The zero-order valence-electron chi connectivity index (χ0n) is 54.1. The number of esters is 5. The number of hydrogen-bond acceptors (Lipinski definition) is 15. The molecular weight excluding hydrogens is 1070 g/mol. The monoisotopic (exact) mass is 1190 g/mol. The second kappa shape index (κ2) is 55.6. The maximum atomic E-state index is 13.7. The van der Waals surface area contributed by atoms with Crippen LogP contribution in [0.5, 0.6) is 0 Å². The molecule has 84 heavy (non-hydrogen) atoms. The van der Waals surface area contributed by atoms with Crippen LogP contribution >= 0.6 is 0 Å². The van der Waals surface area contributed by atoms with Gasteiger partial charge in [-0.1, -0.05) is 143 Å². The Morgan fingerprint density at radius 2 is 0.845 bits per heavy atom. The average molecular weight is 1190 g/mol. The molecular formula is C68H122N2O14. The lowest BCUT2D eigenvalue weighted by Gasteiger charge is -2.31. The van der Waals surface area contributed by atoms with Gasteiger partial charge in [0.05, 0.1) is 31.5 Å². The van der Waals surface area contributed by atoms with Crippen molar-refractivity contribution in [1.82, 2.24) is 10.2 Å². The first-order valence-corrected chi connectivity index (χ1v) is 33.9. The topological polar surface area (TPSA) is 192 Å². The fraction of sp³-hybridized carbons (Fsp3) is 0.853. The Hall–Kier alpha value is -4.02. The van der Waals surface area contributed by atoms with Crippen LogP contribution in [-0.4, -0.2) is 126 Å². The number of nitrogens with zero attached hydrogens (tertiary/aromatic N) is 1. The highest BCUT2D eigenvalue weighted by Gasteiger charge is 2.38. The summed E-state index contributed by atoms with van der Waals surface area (Å²) >= 11 is 0. The van der Waals surface area contributed by atoms with Gasteiger partial charge in [-0.25, -0.2) is 4.79 Å². The molecule has 0 aromatic rings. The maximum absolute atomic E-state index is 13.7. The van der Waals surface area contributed by atoms with E-state index in [0.29, 0.717) is 64.8 Å². The van der Waals surface area contributed by atoms with Crippen molar-refractivity contribution in [2.75, 3.05) is 79.0 Å². The second-order valence-electron chi connectivity index (χ2n) is 23.3. The molecule has 0 aromatic heterocycles. The standard InChI is InChI=1S/C68H122N2O14/c1-7-13-19-23-25-35-51-77-64(78-52-36-26-24-20-14-8-2)46-45-63(73)83-57-68(58-84-67(76)69-47-50-70-48-33-34-49-70,55-81-61(71)43-31-27-37-53-79-65(74)59(39-17-11-5)41-29-21-15-9-3)56-82-62(72)44-32-28-38-54-80-66(75)60(40-18-12-6)42-30-22-16-10-4/h13-14,19-20,59-60,64H,7-12,15-18,21-58H2,1-6H3,(H,69,76)/b19-13-,20-14-. The normalized spacial score (nSPS) is 14.2. The van der Waals surface area contributed by atoms with Gasteiger partial charge in [0.15, 0.2) is 6.29 Å². The van der Waals surface area contributed by atoms with Gasteiger partial charge in [0.2, 0.25) is 0 Å². The van der Waals surface area contributed by atoms with Crippen LogP contribution < -0.4 is 5.32 Å². The Balaban J connectivity index is 3.19. The van der Waals surface area contributed by atoms with Crippen LogP contribution in [0.15, 0.2) is 24.3 Å². The van der Waals surface area contributed by atoms with E-state index in [1.807, 2.05) is 0 Å². The number of likely N-dealkylation sites (tertiary alicyclic amines) is 1. The van der Waals surface area contributed by atoms with E-state index in [0.717, 1.165) is 180 Å². The van der Waals surface area contributed by atoms with E-state index < -0.39 is 42.3 Å². The molecule has 0 saturated carbocycles. The van der Waals surface area contributed by atoms with Crippen LogP contribution in [0.4, 0.5) is 4.79 Å². The lowest BCUT2D eigenvalue weighted by molar-refractivity contribution is -0.170. The average Bonchev–Trinajstić information content (AvgIpc) is 4.12. The fourth-order valence-electron chi connectivity index (χ4n) is 9.91. The SMILES string of the molecule is CC/C=C\CCCCOC(CCC(=O)OCC(COC(=O)CCCCCOC(=O)C(CCCC)CCCCCC)(COC(=O)CCCCCOC(=O)C(CCCC)CCCCCC)COC(=O)NCCN1CCCC1)OCCCC/C=C\CC. The predicted molar refractivity (Wildman–Crippen MR) is 334 cm³/mol. The Kier molecular flexibility index (Phi) is 51.6. The zero-order valence-corrected chi connectivity index (χ0v) is 54.1. The van der Waals surface area contributed by atoms with Gasteiger partial charge in [0.25, 0.3) is 0 Å². The van der Waals surface area contributed by atoms with Crippen LogP contribution in [0.3, 0.4) is 0 Å². The van der Waals surface area contributed by atoms with E-state index in [-0.39, 0.29) is 82.5 Å². The summed E-state index contributed by atoms with van der Waals surface area (Å²) in [7, 11) is 0. The number of unbranched alkanes of at least 4 members (excludes halogenated alkanes) is 16. The molecule has 1 fully saturated rings. The molecule has 0 aromatic carbocycles. The number of carbonyl (C=O) groups excluding carboxylic acids is 6. The van der Waals surface area contributed by atoms with Gasteiger partial charge >= 0.3 is 35.9 Å². The molecule has 1 aliphatic heterocycles. The van der Waals surface area contributed by atoms with Crippen molar-refractivity contribution in [2.45, 2.75) is 279 Å². The fourth-order valence-corrected chi connectivity index (χ4v) is 9.91. The van der Waals surface area contributed by atoms with Crippen molar-refractivity contribution in [3.8, 4) is 0 Å². The van der Waals surface area contributed by atoms with E-state index in [2.05, 4.69) is 76.1 Å². The molecule has 0 bridgehead atoms. The third-order valence-corrected chi connectivity index (χ3v) is 15.4. The molecule has 1 rings (SSSR count). The summed E-state index contributed by atoms with van der Waals surface area (Å²) in [6.07, 6.45) is 37.1. The molecule has 0 radical (unpaired) electrons. The number of ether oxygens (including phenoxy) is 8. The third-order valence-electron chi connectivity index (χ3n) is 15.4. The molecule has 2 unspecified atom stereocenters. The highest BCUT2D eigenvalue weighted by molar-refractivity contribution is 5.73. The molecule has 2 atom stereocenters. The van der Waals surface area contributed by atoms with Gasteiger partial charge in [0, 0.05) is 45.6 Å². The Morgan fingerprint density at radius 1 is 0.429 bits per heavy atom. The zero-order chi connectivity index (χ0) is 61.4. The molecule has 16 nitrogen and oxygen atoms in total. The molecule has 1 N–H and O–H groups in total. The van der Waals surface area contributed by atoms with Crippen molar-refractivity contribution >= 4 is 35.9 Å². The Labute approximate surface area is 510 Å². The van der Waals surface area contributed by atoms with Crippen molar-refractivity contribution in [3.63, 3.8) is 0 Å². The molecule has 1 saturated heterocycles. The Morgan fingerprint density at radius 3 is 1.30 bits per heavy atom. The first-order valence-electron chi connectivity index (χ1n) is 33.9. The van der Waals surface area contributed by atoms with Gasteiger partial charge in [0.1, 0.15) is 31.8 Å². The largest absolute Gasteiger partial charge is 0.465 e. The quantitative estimate of drug-likeness (QED) is 0.0199. The van der Waals surface area contributed by atoms with Gasteiger partial charge < -0.3 is 48.1 Å². The molecule has 1 amide bonds. The summed E-state index contributed by atoms with van der Waals surface area (Å²) in [6, 6.07) is 0. The number of amides is 1. The number of carbonyl (C=O) groups is 6. The maximum Gasteiger partial charge on any atom is 0.407 e. The summed E-state index contributed by atoms with van der Waals surface area (Å²) in [5, 5.41) is 2.81. The first kappa shape index (κ1) is 78.0. The van der Waals surface area contributed by atoms with E-state index in [1.54, 1.807) is 0 Å². The van der Waals surface area contributed by atoms with Crippen LogP contribution in [0, 0.1) is 17.3 Å². The number of hydrogen-bond donors (Lipinski definition) is 1. The summed E-state index contributed by atoms with van der Waals surface area (Å²) in [4.78, 5) is 82.3. The van der Waals surface area contributed by atoms with Crippen LogP contribution in [0.25, 0.3) is 0 Å². The summed E-state index contributed by atoms with van der Waals surface area (Å²) in [5.41, 5.74) is -1.46. The lowest BCUT2D eigenvalue weighted by atomic mass is 9.92. The number of rotatable bonds is 58. The molecule has 488 valence electrons. The number of allylic oxidation sites excluding steroid dienone is 4. The predicted octanol–water partition coefficient (Wildman–Crippen LogP) is 15.6. The summed E-state index contributed by atoms with van der Waals surface area (Å²) < 4.78 is 47.3. The minimum absolute atomic E-state index is 0.0437. The van der Waals surface area contributed by atoms with Crippen LogP contribution in [0.1, 0.15) is 273 Å². The van der Waals surface area contributed by atoms with E-state index >= 15 is 0 Å². The van der Waals surface area contributed by atoms with Crippen LogP contribution in [0.2, 0.25) is 0 Å². The summed E-state index contributed by atoms with van der Waals surface area (Å²) in [5.74, 6) is -2.06. The smallest absolute Gasteiger partial charge is 0.407 e. The van der Waals surface area contributed by atoms with Crippen molar-refractivity contribution < 1.29 is 66.7 Å². The molecule has 16 heteroatoms. The van der Waals surface area contributed by atoms with Crippen molar-refractivity contribution in [3.05, 3.63) is 24.3 Å². The summed E-state index contributed by atoms with van der Waals surface area (Å²) in [6.45, 7) is 15.8. The third kappa shape index (κ3) is 44.4. The van der Waals surface area contributed by atoms with Crippen molar-refractivity contribution in [1.29, 1.82) is 0 Å². The minimum Gasteiger partial charge on any atom is -0.465 e. The van der Waals surface area contributed by atoms with E-state index in [1.165, 1.54) is 0 Å². The van der Waals surface area contributed by atoms with Gasteiger partial charge in [-0.15, -0.1) is 0 Å². The van der Waals surface area contributed by atoms with Crippen molar-refractivity contribution in [2.24, 2.45) is 17.3 Å². The molecule has 1 aliphatic rings. The van der Waals surface area contributed by atoms with E-state index in [4.69, 9.17) is 37.9 Å². The number of nitrogens with one attached hydrogen (secondary N) is 1. The molecule has 0 spiro atoms. The molecule has 0 aliphatic carbocycles. The van der Waals surface area contributed by atoms with Crippen LogP contribution in [-0.2, 0) is 61.9 Å². The van der Waals surface area contributed by atoms with Gasteiger partial charge in [-0.2, -0.15) is 0 Å². The Bertz CT molecular complexity index is 1610. The first-order chi connectivity index (χ1) is 41.0. The number of alkyl carbamates (subject to hydrolysis) is 1. The minimum atomic E-state index is -1.46. The second-order valence-corrected chi connectivity index (χ2v) is 23.3.